The maximum absolute atomic E-state index is 12.9. The van der Waals surface area contributed by atoms with Crippen molar-refractivity contribution in [3.8, 4) is 6.07 Å². The summed E-state index contributed by atoms with van der Waals surface area (Å²) in [4.78, 5) is 7.32. The van der Waals surface area contributed by atoms with E-state index in [1.54, 1.807) is 0 Å². The van der Waals surface area contributed by atoms with E-state index < -0.39 is 18.1 Å². The zero-order chi connectivity index (χ0) is 15.5. The first-order valence-electron chi connectivity index (χ1n) is 5.86. The third-order valence-corrected chi connectivity index (χ3v) is 3.96. The number of amidine groups is 1. The monoisotopic (exact) mass is 331 g/mol. The summed E-state index contributed by atoms with van der Waals surface area (Å²) in [6.45, 7) is 0. The fourth-order valence-corrected chi connectivity index (χ4v) is 2.83. The van der Waals surface area contributed by atoms with Gasteiger partial charge in [-0.1, -0.05) is 53.7 Å². The van der Waals surface area contributed by atoms with Gasteiger partial charge in [-0.15, -0.1) is 0 Å². The molecule has 2 rings (SSSR count). The first-order valence-corrected chi connectivity index (χ1v) is 7.23. The molecule has 0 amide bonds. The maximum atomic E-state index is 12.9. The number of nitrogens with zero attached hydrogens (tertiary/aromatic N) is 3. The van der Waals surface area contributed by atoms with Crippen molar-refractivity contribution in [2.45, 2.75) is 18.0 Å². The molecule has 1 aromatic carbocycles. The Kier molecular flexibility index (Phi) is 4.91. The highest BCUT2D eigenvalue weighted by atomic mass is 35.5. The SMILES string of the molecule is N#CC1C(Cl)=NC(SCc2ccccc2)=NC1C(F)(F)F. The molecule has 0 bridgehead atoms. The van der Waals surface area contributed by atoms with E-state index in [-0.39, 0.29) is 10.3 Å². The zero-order valence-electron chi connectivity index (χ0n) is 10.5. The average Bonchev–Trinajstić information content (AvgIpc) is 2.44. The van der Waals surface area contributed by atoms with Crippen LogP contribution in [0.4, 0.5) is 13.2 Å². The van der Waals surface area contributed by atoms with Crippen molar-refractivity contribution >= 4 is 33.7 Å². The highest BCUT2D eigenvalue weighted by molar-refractivity contribution is 8.13. The lowest BCUT2D eigenvalue weighted by atomic mass is 10.0. The summed E-state index contributed by atoms with van der Waals surface area (Å²) in [6, 6.07) is 8.55. The van der Waals surface area contributed by atoms with Crippen LogP contribution >= 0.6 is 23.4 Å². The van der Waals surface area contributed by atoms with E-state index in [4.69, 9.17) is 16.9 Å². The summed E-state index contributed by atoms with van der Waals surface area (Å²) in [7, 11) is 0. The first-order chi connectivity index (χ1) is 9.91. The number of alkyl halides is 3. The van der Waals surface area contributed by atoms with Crippen LogP contribution in [0.5, 0.6) is 0 Å². The minimum atomic E-state index is -4.63. The van der Waals surface area contributed by atoms with Crippen molar-refractivity contribution in [3.05, 3.63) is 35.9 Å². The van der Waals surface area contributed by atoms with Crippen molar-refractivity contribution in [1.29, 1.82) is 5.26 Å². The molecule has 0 saturated heterocycles. The summed E-state index contributed by atoms with van der Waals surface area (Å²) in [6.07, 6.45) is -4.63. The van der Waals surface area contributed by atoms with E-state index >= 15 is 0 Å². The van der Waals surface area contributed by atoms with Gasteiger partial charge in [0.1, 0.15) is 11.1 Å². The van der Waals surface area contributed by atoms with Crippen molar-refractivity contribution in [1.82, 2.24) is 0 Å². The number of hydrogen-bond donors (Lipinski definition) is 0. The third kappa shape index (κ3) is 3.99. The molecule has 110 valence electrons. The number of rotatable bonds is 2. The molecule has 0 aromatic heterocycles. The van der Waals surface area contributed by atoms with Crippen LogP contribution in [-0.2, 0) is 5.75 Å². The molecule has 1 aliphatic rings. The van der Waals surface area contributed by atoms with Gasteiger partial charge in [-0.05, 0) is 5.56 Å². The van der Waals surface area contributed by atoms with Gasteiger partial charge in [0.2, 0.25) is 0 Å². The smallest absolute Gasteiger partial charge is 0.246 e. The Labute approximate surface area is 128 Å². The van der Waals surface area contributed by atoms with Crippen LogP contribution in [0.3, 0.4) is 0 Å². The van der Waals surface area contributed by atoms with Crippen molar-refractivity contribution in [3.63, 3.8) is 0 Å². The van der Waals surface area contributed by atoms with E-state index in [2.05, 4.69) is 9.98 Å². The lowest BCUT2D eigenvalue weighted by Gasteiger charge is -2.23. The molecule has 1 aromatic rings. The van der Waals surface area contributed by atoms with Gasteiger partial charge in [0.05, 0.1) is 6.07 Å². The molecule has 0 radical (unpaired) electrons. The summed E-state index contributed by atoms with van der Waals surface area (Å²) in [5, 5.41) is 8.37. The second-order valence-electron chi connectivity index (χ2n) is 4.21. The molecule has 1 heterocycles. The summed E-state index contributed by atoms with van der Waals surface area (Å²) >= 11 is 6.75. The van der Waals surface area contributed by atoms with E-state index in [9.17, 15) is 13.2 Å². The minimum absolute atomic E-state index is 0.0577. The van der Waals surface area contributed by atoms with E-state index in [1.165, 1.54) is 6.07 Å². The Hall–Kier alpha value is -1.52. The Morgan fingerprint density at radius 2 is 1.95 bits per heavy atom. The molecule has 2 atom stereocenters. The van der Waals surface area contributed by atoms with Gasteiger partial charge < -0.3 is 0 Å². The van der Waals surface area contributed by atoms with E-state index in [0.717, 1.165) is 17.3 Å². The summed E-state index contributed by atoms with van der Waals surface area (Å²) in [5.41, 5.74) is 0.933. The number of thioether (sulfide) groups is 1. The Morgan fingerprint density at radius 3 is 2.52 bits per heavy atom. The number of aliphatic imine (C=N–C) groups is 2. The molecule has 0 N–H and O–H groups in total. The van der Waals surface area contributed by atoms with Crippen LogP contribution in [0, 0.1) is 17.2 Å². The maximum Gasteiger partial charge on any atom is 0.412 e. The molecule has 1 aliphatic heterocycles. The van der Waals surface area contributed by atoms with E-state index in [1.807, 2.05) is 30.3 Å². The fraction of sp³-hybridized carbons (Fsp3) is 0.308. The number of hydrogen-bond acceptors (Lipinski definition) is 4. The number of nitriles is 1. The standard InChI is InChI=1S/C13H9ClF3N3S/c14-11-9(6-18)10(13(15,16)17)19-12(20-11)21-7-8-4-2-1-3-5-8/h1-5,9-10H,7H2. The van der Waals surface area contributed by atoms with Gasteiger partial charge in [-0.3, -0.25) is 0 Å². The predicted octanol–water partition coefficient (Wildman–Crippen LogP) is 4.00. The van der Waals surface area contributed by atoms with Crippen LogP contribution in [0.1, 0.15) is 5.56 Å². The van der Waals surface area contributed by atoms with Gasteiger partial charge in [0, 0.05) is 5.75 Å². The van der Waals surface area contributed by atoms with E-state index in [0.29, 0.717) is 5.75 Å². The second kappa shape index (κ2) is 6.50. The van der Waals surface area contributed by atoms with Gasteiger partial charge >= 0.3 is 6.18 Å². The Balaban J connectivity index is 2.16. The fourth-order valence-electron chi connectivity index (χ4n) is 1.69. The molecule has 8 heteroatoms. The van der Waals surface area contributed by atoms with Crippen LogP contribution in [0.15, 0.2) is 40.3 Å². The average molecular weight is 332 g/mol. The highest BCUT2D eigenvalue weighted by Crippen LogP contribution is 2.34. The number of benzene rings is 1. The van der Waals surface area contributed by atoms with Crippen LogP contribution in [-0.4, -0.2) is 22.6 Å². The summed E-state index contributed by atoms with van der Waals surface area (Å²) < 4.78 is 38.7. The van der Waals surface area contributed by atoms with Gasteiger partial charge in [0.15, 0.2) is 11.2 Å². The largest absolute Gasteiger partial charge is 0.412 e. The van der Waals surface area contributed by atoms with Gasteiger partial charge in [-0.25, -0.2) is 9.98 Å². The first kappa shape index (κ1) is 15.9. The highest BCUT2D eigenvalue weighted by Gasteiger charge is 2.48. The van der Waals surface area contributed by atoms with Crippen molar-refractivity contribution in [2.24, 2.45) is 15.9 Å². The Morgan fingerprint density at radius 1 is 1.29 bits per heavy atom. The van der Waals surface area contributed by atoms with Gasteiger partial charge in [-0.2, -0.15) is 18.4 Å². The topological polar surface area (TPSA) is 48.5 Å². The van der Waals surface area contributed by atoms with Crippen LogP contribution in [0.25, 0.3) is 0 Å². The van der Waals surface area contributed by atoms with Crippen LogP contribution < -0.4 is 0 Å². The summed E-state index contributed by atoms with van der Waals surface area (Å²) in [5.74, 6) is -1.15. The third-order valence-electron chi connectivity index (χ3n) is 2.71. The predicted molar refractivity (Wildman–Crippen MR) is 77.4 cm³/mol. The van der Waals surface area contributed by atoms with Crippen molar-refractivity contribution < 1.29 is 13.2 Å². The lowest BCUT2D eigenvalue weighted by molar-refractivity contribution is -0.150. The quantitative estimate of drug-likeness (QED) is 0.822. The molecule has 0 spiro atoms. The molecule has 0 aliphatic carbocycles. The molecule has 21 heavy (non-hydrogen) atoms. The minimum Gasteiger partial charge on any atom is -0.246 e. The molecule has 3 nitrogen and oxygen atoms in total. The molecular formula is C13H9ClF3N3S. The zero-order valence-corrected chi connectivity index (χ0v) is 12.1. The van der Waals surface area contributed by atoms with Crippen LogP contribution in [0.2, 0.25) is 0 Å². The second-order valence-corrected chi connectivity index (χ2v) is 5.54. The van der Waals surface area contributed by atoms with Crippen molar-refractivity contribution in [2.75, 3.05) is 0 Å². The normalized spacial score (nSPS) is 22.2. The van der Waals surface area contributed by atoms with Gasteiger partial charge in [0.25, 0.3) is 0 Å². The molecule has 0 saturated carbocycles. The molecule has 0 fully saturated rings. The molecular weight excluding hydrogens is 323 g/mol. The Bertz CT molecular complexity index is 607. The molecule has 2 unspecified atom stereocenters. The number of halogens is 4. The lowest BCUT2D eigenvalue weighted by Crippen LogP contribution is -2.39.